The number of rotatable bonds is 6. The Hall–Kier alpha value is -1.87. The van der Waals surface area contributed by atoms with Crippen molar-refractivity contribution in [3.05, 3.63) is 70.0 Å². The van der Waals surface area contributed by atoms with E-state index in [0.29, 0.717) is 0 Å². The number of hydrogen-bond donors (Lipinski definition) is 1. The van der Waals surface area contributed by atoms with Crippen LogP contribution in [0.25, 0.3) is 0 Å². The summed E-state index contributed by atoms with van der Waals surface area (Å²) in [6, 6.07) is 6.32. The van der Waals surface area contributed by atoms with Gasteiger partial charge in [0.25, 0.3) is 6.34 Å². The Balaban J connectivity index is 3.32. The fourth-order valence-corrected chi connectivity index (χ4v) is 2.89. The minimum Gasteiger partial charge on any atom is -0.232 e. The molecule has 3 heteroatoms. The van der Waals surface area contributed by atoms with Gasteiger partial charge < -0.3 is 0 Å². The first-order valence-corrected chi connectivity index (χ1v) is 7.59. The molecular weight excluding hydrogens is 276 g/mol. The molecule has 0 bridgehead atoms. The average Bonchev–Trinajstić information content (AvgIpc) is 2.42. The molecule has 1 rings (SSSR count). The maximum Gasteiger partial charge on any atom is 0.277 e. The molecule has 110 valence electrons. The van der Waals surface area contributed by atoms with Gasteiger partial charge in [-0.2, -0.15) is 0 Å². The van der Waals surface area contributed by atoms with Crippen LogP contribution in [0.5, 0.6) is 0 Å². The largest absolute Gasteiger partial charge is 0.277 e. The molecule has 0 aliphatic heterocycles. The minimum absolute atomic E-state index is 0.887. The van der Waals surface area contributed by atoms with Crippen LogP contribution in [0.15, 0.2) is 53.3 Å². The van der Waals surface area contributed by atoms with Crippen LogP contribution in [-0.4, -0.2) is 23.7 Å². The molecule has 0 atom stereocenters. The Morgan fingerprint density at radius 2 is 1.95 bits per heavy atom. The second-order valence-electron chi connectivity index (χ2n) is 4.90. The Morgan fingerprint density at radius 1 is 1.29 bits per heavy atom. The minimum atomic E-state index is 0.887. The van der Waals surface area contributed by atoms with Gasteiger partial charge >= 0.3 is 0 Å². The van der Waals surface area contributed by atoms with Crippen LogP contribution in [0, 0.1) is 19.3 Å². The number of nitrogens with zero attached hydrogens (tertiary/aromatic N) is 1. The molecule has 0 aliphatic rings. The van der Waals surface area contributed by atoms with Gasteiger partial charge in [-0.1, -0.05) is 54.8 Å². The fourth-order valence-electron chi connectivity index (χ4n) is 2.02. The summed E-state index contributed by atoms with van der Waals surface area (Å²) in [5.41, 5.74) is 4.41. The Morgan fingerprint density at radius 3 is 2.52 bits per heavy atom. The van der Waals surface area contributed by atoms with Crippen LogP contribution < -0.4 is 0 Å². The summed E-state index contributed by atoms with van der Waals surface area (Å²) in [7, 11) is 1.87. The van der Waals surface area contributed by atoms with Crippen LogP contribution in [-0.2, 0) is 0 Å². The summed E-state index contributed by atoms with van der Waals surface area (Å²) in [5, 5.41) is 7.56. The van der Waals surface area contributed by atoms with Crippen molar-refractivity contribution in [1.29, 1.82) is 5.41 Å². The lowest BCUT2D eigenvalue weighted by atomic mass is 10.0. The summed E-state index contributed by atoms with van der Waals surface area (Å²) in [5.74, 6) is 0. The average molecular weight is 299 g/mol. The van der Waals surface area contributed by atoms with Crippen molar-refractivity contribution < 1.29 is 4.58 Å². The van der Waals surface area contributed by atoms with E-state index in [1.807, 2.05) is 26.1 Å². The lowest BCUT2D eigenvalue weighted by molar-refractivity contribution is -0.360. The van der Waals surface area contributed by atoms with Crippen LogP contribution in [0.3, 0.4) is 0 Å². The molecule has 0 unspecified atom stereocenters. The molecule has 1 N–H and O–H groups in total. The van der Waals surface area contributed by atoms with E-state index in [0.717, 1.165) is 21.1 Å². The maximum absolute atomic E-state index is 7.56. The van der Waals surface area contributed by atoms with E-state index < -0.39 is 0 Å². The van der Waals surface area contributed by atoms with Crippen LogP contribution in [0.2, 0.25) is 0 Å². The van der Waals surface area contributed by atoms with Crippen molar-refractivity contribution in [3.8, 4) is 0 Å². The fraction of sp³-hybridized carbons (Fsp3) is 0.222. The molecule has 1 aromatic carbocycles. The number of benzene rings is 1. The first-order chi connectivity index (χ1) is 9.90. The Kier molecular flexibility index (Phi) is 6.38. The van der Waals surface area contributed by atoms with Gasteiger partial charge in [0.2, 0.25) is 0 Å². The second-order valence-corrected chi connectivity index (χ2v) is 6.12. The highest BCUT2D eigenvalue weighted by molar-refractivity contribution is 8.07. The zero-order valence-corrected chi connectivity index (χ0v) is 14.1. The third-order valence-electron chi connectivity index (χ3n) is 3.07. The summed E-state index contributed by atoms with van der Waals surface area (Å²) in [6.07, 6.45) is 5.22. The molecule has 0 radical (unpaired) electrons. The number of allylic oxidation sites excluding steroid dienone is 3. The molecule has 0 aromatic heterocycles. The van der Waals surface area contributed by atoms with E-state index in [1.165, 1.54) is 29.2 Å². The van der Waals surface area contributed by atoms with Gasteiger partial charge in [0.15, 0.2) is 0 Å². The monoisotopic (exact) mass is 299 g/mol. The lowest BCUT2D eigenvalue weighted by Crippen LogP contribution is -2.19. The summed E-state index contributed by atoms with van der Waals surface area (Å²) >= 11 is 1.53. The van der Waals surface area contributed by atoms with Crippen LogP contribution >= 0.6 is 11.8 Å². The van der Waals surface area contributed by atoms with E-state index in [4.69, 9.17) is 5.41 Å². The molecule has 0 saturated carbocycles. The van der Waals surface area contributed by atoms with Crippen molar-refractivity contribution >= 4 is 23.8 Å². The molecular formula is C18H23N2S+. The predicted molar refractivity (Wildman–Crippen MR) is 95.7 cm³/mol. The van der Waals surface area contributed by atoms with Crippen LogP contribution in [0.4, 0.5) is 0 Å². The highest BCUT2D eigenvalue weighted by Crippen LogP contribution is 2.28. The van der Waals surface area contributed by atoms with E-state index >= 15 is 0 Å². The molecule has 0 fully saturated rings. The van der Waals surface area contributed by atoms with E-state index in [9.17, 15) is 0 Å². The van der Waals surface area contributed by atoms with Crippen molar-refractivity contribution in [2.45, 2.75) is 20.8 Å². The normalized spacial score (nSPS) is 12.2. The zero-order chi connectivity index (χ0) is 16.0. The first kappa shape index (κ1) is 17.2. The van der Waals surface area contributed by atoms with Gasteiger partial charge in [-0.05, 0) is 32.4 Å². The van der Waals surface area contributed by atoms with Gasteiger partial charge in [-0.3, -0.25) is 0 Å². The smallest absolute Gasteiger partial charge is 0.232 e. The maximum atomic E-state index is 7.56. The third-order valence-corrected chi connectivity index (χ3v) is 3.90. The number of thioether (sulfide) groups is 1. The zero-order valence-electron chi connectivity index (χ0n) is 13.2. The van der Waals surface area contributed by atoms with Gasteiger partial charge in [0, 0.05) is 10.5 Å². The molecule has 21 heavy (non-hydrogen) atoms. The summed E-state index contributed by atoms with van der Waals surface area (Å²) in [6.45, 7) is 14.3. The second kappa shape index (κ2) is 7.79. The third kappa shape index (κ3) is 4.57. The van der Waals surface area contributed by atoms with Gasteiger partial charge in [0.05, 0.1) is 12.0 Å². The van der Waals surface area contributed by atoms with E-state index in [1.54, 1.807) is 4.58 Å². The van der Waals surface area contributed by atoms with Gasteiger partial charge in [-0.25, -0.2) is 4.58 Å². The number of nitrogens with one attached hydrogen (secondary N) is 1. The van der Waals surface area contributed by atoms with E-state index in [-0.39, 0.29) is 0 Å². The number of hydrogen-bond acceptors (Lipinski definition) is 2. The summed E-state index contributed by atoms with van der Waals surface area (Å²) < 4.78 is 1.79. The van der Waals surface area contributed by atoms with E-state index in [2.05, 4.69) is 45.2 Å². The van der Waals surface area contributed by atoms with Gasteiger partial charge in [0.1, 0.15) is 5.71 Å². The molecule has 0 saturated heterocycles. The predicted octanol–water partition coefficient (Wildman–Crippen LogP) is 4.68. The van der Waals surface area contributed by atoms with Crippen LogP contribution in [0.1, 0.15) is 23.6 Å². The topological polar surface area (TPSA) is 26.9 Å². The molecule has 0 amide bonds. The summed E-state index contributed by atoms with van der Waals surface area (Å²) in [4.78, 5) is 1.82. The molecule has 0 spiro atoms. The standard InChI is InChI=1S/C18H23N2S/c1-7-8-15(4)21-16(5)18(20(6)12-19)17-11-13(2)9-10-14(17)3/h7-12,19H,4-5H2,1-3,6H3/q+1/b8-7-,19-12?,20-18?. The van der Waals surface area contributed by atoms with Crippen molar-refractivity contribution in [2.75, 3.05) is 7.05 Å². The lowest BCUT2D eigenvalue weighted by Gasteiger charge is -2.13. The quantitative estimate of drug-likeness (QED) is 0.351. The number of aryl methyl sites for hydroxylation is 2. The van der Waals surface area contributed by atoms with Crippen molar-refractivity contribution in [3.63, 3.8) is 0 Å². The van der Waals surface area contributed by atoms with Crippen molar-refractivity contribution in [1.82, 2.24) is 0 Å². The molecule has 1 aromatic rings. The highest BCUT2D eigenvalue weighted by atomic mass is 32.2. The van der Waals surface area contributed by atoms with Crippen molar-refractivity contribution in [2.24, 2.45) is 0 Å². The molecule has 2 nitrogen and oxygen atoms in total. The first-order valence-electron chi connectivity index (χ1n) is 6.77. The SMILES string of the molecule is C=C(/C=C\C)SC(=C)C(c1cc(C)ccc1C)=[N+](C)C=N. The molecule has 0 heterocycles. The Labute approximate surface area is 132 Å². The highest BCUT2D eigenvalue weighted by Gasteiger charge is 2.17. The Bertz CT molecular complexity index is 637. The molecule has 0 aliphatic carbocycles. The van der Waals surface area contributed by atoms with Gasteiger partial charge in [-0.15, -0.1) is 5.41 Å².